The SMILES string of the molecule is COC(=O)NC(C(=O)N1CCCC1c1ncc(-c2ccc(C34CCC(c5cnc(C6CCCN6C(=O)C(C(C)C)N(C)C(=O)OC)[nH]5)(CC3)CC4)cc2)[nH]1)C(C)C. The molecule has 3 saturated carbocycles. The van der Waals surface area contributed by atoms with Gasteiger partial charge in [-0.3, -0.25) is 14.5 Å². The molecule has 0 radical (unpaired) electrons. The van der Waals surface area contributed by atoms with Gasteiger partial charge in [-0.1, -0.05) is 52.0 Å². The first-order chi connectivity index (χ1) is 27.3. The van der Waals surface area contributed by atoms with Crippen molar-refractivity contribution in [2.24, 2.45) is 11.8 Å². The van der Waals surface area contributed by atoms with Gasteiger partial charge in [0.05, 0.1) is 38.2 Å². The summed E-state index contributed by atoms with van der Waals surface area (Å²) in [5.74, 6) is 1.26. The first-order valence-electron chi connectivity index (χ1n) is 20.8. The number of alkyl carbamates (subject to hydrolysis) is 1. The topological polar surface area (TPSA) is 166 Å². The van der Waals surface area contributed by atoms with Crippen LogP contribution in [0.2, 0.25) is 0 Å². The van der Waals surface area contributed by atoms with E-state index in [0.717, 1.165) is 87.1 Å². The Balaban J connectivity index is 0.998. The van der Waals surface area contributed by atoms with E-state index in [4.69, 9.17) is 19.4 Å². The number of likely N-dealkylation sites (tertiary alicyclic amines) is 2. The standard InChI is InChI=1S/C43H60N8O6/c1-26(2)34(48-40(54)56-6)38(52)50-22-8-10-31(50)36-44-24-30(46-36)28-12-14-29(15-13-28)42-16-19-43(20-17-42,21-18-42)33-25-45-37(47-33)32-11-9-23-51(32)39(53)35(27(3)4)49(5)41(55)57-7/h12-15,24-27,31-32,34-35H,8-11,16-23H2,1-7H3,(H,44,46)(H,45,47)(H,48,54). The maximum absolute atomic E-state index is 13.9. The van der Waals surface area contributed by atoms with Gasteiger partial charge in [-0.05, 0) is 92.6 Å². The maximum atomic E-state index is 13.9. The molecule has 1 aromatic carbocycles. The second-order valence-corrected chi connectivity index (χ2v) is 17.5. The number of aromatic nitrogens is 4. The van der Waals surface area contributed by atoms with E-state index in [2.05, 4.69) is 39.6 Å². The van der Waals surface area contributed by atoms with Crippen LogP contribution in [0.25, 0.3) is 11.3 Å². The molecule has 14 nitrogen and oxygen atoms in total. The Labute approximate surface area is 335 Å². The summed E-state index contributed by atoms with van der Waals surface area (Å²) in [7, 11) is 4.27. The highest BCUT2D eigenvalue weighted by Crippen LogP contribution is 2.58. The highest BCUT2D eigenvalue weighted by Gasteiger charge is 2.51. The second-order valence-electron chi connectivity index (χ2n) is 17.5. The van der Waals surface area contributed by atoms with Crippen LogP contribution in [0.15, 0.2) is 36.7 Å². The zero-order valence-electron chi connectivity index (χ0n) is 34.6. The number of rotatable bonds is 11. The van der Waals surface area contributed by atoms with Gasteiger partial charge in [0.1, 0.15) is 23.7 Å². The lowest BCUT2D eigenvalue weighted by Crippen LogP contribution is -2.51. The number of fused-ring (bicyclic) bond motifs is 3. The van der Waals surface area contributed by atoms with E-state index in [1.54, 1.807) is 7.05 Å². The number of methoxy groups -OCH3 is 2. The third-order valence-corrected chi connectivity index (χ3v) is 13.7. The molecule has 2 aliphatic heterocycles. The molecule has 57 heavy (non-hydrogen) atoms. The van der Waals surface area contributed by atoms with Crippen molar-refractivity contribution in [1.29, 1.82) is 0 Å². The Morgan fingerprint density at radius 2 is 1.33 bits per heavy atom. The summed E-state index contributed by atoms with van der Waals surface area (Å²) in [4.78, 5) is 73.9. The van der Waals surface area contributed by atoms with Crippen LogP contribution in [0.4, 0.5) is 9.59 Å². The zero-order chi connectivity index (χ0) is 40.6. The third kappa shape index (κ3) is 7.51. The third-order valence-electron chi connectivity index (χ3n) is 13.7. The smallest absolute Gasteiger partial charge is 0.409 e. The summed E-state index contributed by atoms with van der Waals surface area (Å²) in [5.41, 5.74) is 4.74. The number of nitrogens with zero attached hydrogens (tertiary/aromatic N) is 5. The molecule has 2 aromatic heterocycles. The number of ether oxygens (including phenoxy) is 2. The average molecular weight is 785 g/mol. The van der Waals surface area contributed by atoms with E-state index in [1.165, 1.54) is 30.4 Å². The highest BCUT2D eigenvalue weighted by atomic mass is 16.5. The number of carbonyl (C=O) groups excluding carboxylic acids is 4. The number of likely N-dealkylation sites (N-methyl/N-ethyl adjacent to an activating group) is 1. The maximum Gasteiger partial charge on any atom is 0.409 e. The quantitative estimate of drug-likeness (QED) is 0.192. The summed E-state index contributed by atoms with van der Waals surface area (Å²) >= 11 is 0. The van der Waals surface area contributed by atoms with Gasteiger partial charge in [0, 0.05) is 37.4 Å². The van der Waals surface area contributed by atoms with Gasteiger partial charge in [-0.2, -0.15) is 0 Å². The highest BCUT2D eigenvalue weighted by molar-refractivity contribution is 5.87. The van der Waals surface area contributed by atoms with Gasteiger partial charge in [0.2, 0.25) is 11.8 Å². The van der Waals surface area contributed by atoms with E-state index in [-0.39, 0.29) is 46.6 Å². The van der Waals surface area contributed by atoms with Crippen molar-refractivity contribution in [3.63, 3.8) is 0 Å². The fraction of sp³-hybridized carbons (Fsp3) is 0.628. The number of amides is 4. The molecule has 4 atom stereocenters. The van der Waals surface area contributed by atoms with Crippen molar-refractivity contribution >= 4 is 24.0 Å². The van der Waals surface area contributed by atoms with Crippen LogP contribution in [0, 0.1) is 11.8 Å². The molecule has 3 aliphatic carbocycles. The lowest BCUT2D eigenvalue weighted by atomic mass is 9.51. The number of H-pyrrole nitrogens is 2. The monoisotopic (exact) mass is 784 g/mol. The Kier molecular flexibility index (Phi) is 11.4. The molecule has 3 N–H and O–H groups in total. The molecule has 2 bridgehead atoms. The predicted molar refractivity (Wildman–Crippen MR) is 214 cm³/mol. The van der Waals surface area contributed by atoms with Gasteiger partial charge in [-0.15, -0.1) is 0 Å². The van der Waals surface area contributed by atoms with Gasteiger partial charge in [0.15, 0.2) is 0 Å². The van der Waals surface area contributed by atoms with Crippen molar-refractivity contribution in [2.75, 3.05) is 34.4 Å². The number of nitrogens with one attached hydrogen (secondary N) is 3. The van der Waals surface area contributed by atoms with Crippen molar-refractivity contribution in [3.8, 4) is 11.3 Å². The van der Waals surface area contributed by atoms with Crippen molar-refractivity contribution < 1.29 is 28.7 Å². The predicted octanol–water partition coefficient (Wildman–Crippen LogP) is 6.77. The van der Waals surface area contributed by atoms with E-state index < -0.39 is 24.3 Å². The molecule has 2 saturated heterocycles. The number of benzene rings is 1. The Hall–Kier alpha value is -4.88. The van der Waals surface area contributed by atoms with Gasteiger partial charge in [-0.25, -0.2) is 19.6 Å². The largest absolute Gasteiger partial charge is 0.453 e. The van der Waals surface area contributed by atoms with Crippen LogP contribution < -0.4 is 5.32 Å². The molecular formula is C43H60N8O6. The molecule has 4 heterocycles. The number of hydrogen-bond acceptors (Lipinski definition) is 8. The first kappa shape index (κ1) is 40.3. The molecule has 5 fully saturated rings. The minimum absolute atomic E-state index is 0.0539. The molecule has 14 heteroatoms. The van der Waals surface area contributed by atoms with E-state index in [0.29, 0.717) is 13.1 Å². The van der Waals surface area contributed by atoms with Crippen LogP contribution in [0.3, 0.4) is 0 Å². The minimum Gasteiger partial charge on any atom is -0.453 e. The second kappa shape index (κ2) is 16.2. The van der Waals surface area contributed by atoms with Crippen LogP contribution in [-0.2, 0) is 29.9 Å². The van der Waals surface area contributed by atoms with Gasteiger partial charge < -0.3 is 34.6 Å². The molecule has 5 aliphatic rings. The Morgan fingerprint density at radius 1 is 0.772 bits per heavy atom. The summed E-state index contributed by atoms with van der Waals surface area (Å²) < 4.78 is 9.72. The zero-order valence-corrected chi connectivity index (χ0v) is 34.6. The Morgan fingerprint density at radius 3 is 1.89 bits per heavy atom. The van der Waals surface area contributed by atoms with Crippen molar-refractivity contribution in [3.05, 3.63) is 59.6 Å². The normalized spacial score (nSPS) is 25.5. The van der Waals surface area contributed by atoms with E-state index in [9.17, 15) is 19.2 Å². The molecular weight excluding hydrogens is 725 g/mol. The van der Waals surface area contributed by atoms with E-state index in [1.807, 2.05) is 49.9 Å². The molecule has 308 valence electrons. The summed E-state index contributed by atoms with van der Waals surface area (Å²) in [6, 6.07) is 7.34. The van der Waals surface area contributed by atoms with Crippen LogP contribution >= 0.6 is 0 Å². The number of aromatic amines is 2. The summed E-state index contributed by atoms with van der Waals surface area (Å²) in [6.45, 7) is 9.01. The molecule has 4 amide bonds. The number of imidazole rings is 2. The fourth-order valence-electron chi connectivity index (χ4n) is 10.3. The summed E-state index contributed by atoms with van der Waals surface area (Å²) in [6.07, 6.45) is 12.7. The molecule has 3 aromatic rings. The van der Waals surface area contributed by atoms with Crippen LogP contribution in [0.1, 0.15) is 127 Å². The molecule has 4 unspecified atom stereocenters. The van der Waals surface area contributed by atoms with Crippen molar-refractivity contribution in [2.45, 2.75) is 127 Å². The Bertz CT molecular complexity index is 1910. The lowest BCUT2D eigenvalue weighted by Gasteiger charge is -2.53. The average Bonchev–Trinajstić information content (AvgIpc) is 4.07. The fourth-order valence-corrected chi connectivity index (χ4v) is 10.3. The van der Waals surface area contributed by atoms with Gasteiger partial charge >= 0.3 is 12.2 Å². The lowest BCUT2D eigenvalue weighted by molar-refractivity contribution is -0.138. The first-order valence-corrected chi connectivity index (χ1v) is 20.8. The molecule has 0 spiro atoms. The van der Waals surface area contributed by atoms with Gasteiger partial charge in [0.25, 0.3) is 0 Å². The summed E-state index contributed by atoms with van der Waals surface area (Å²) in [5, 5.41) is 2.72. The van der Waals surface area contributed by atoms with E-state index >= 15 is 0 Å². The minimum atomic E-state index is -0.673. The van der Waals surface area contributed by atoms with Crippen molar-refractivity contribution in [1.82, 2.24) is 40.0 Å². The molecule has 8 rings (SSSR count). The van der Waals surface area contributed by atoms with Crippen LogP contribution in [0.5, 0.6) is 0 Å². The van der Waals surface area contributed by atoms with Crippen LogP contribution in [-0.4, -0.2) is 105 Å². The number of carbonyl (C=O) groups is 4. The number of hydrogen-bond donors (Lipinski definition) is 3.